The van der Waals surface area contributed by atoms with E-state index in [0.717, 1.165) is 0 Å². The van der Waals surface area contributed by atoms with Crippen molar-refractivity contribution in [1.82, 2.24) is 19.9 Å². The van der Waals surface area contributed by atoms with Gasteiger partial charge in [0.05, 0.1) is 10.1 Å². The van der Waals surface area contributed by atoms with Crippen LogP contribution in [-0.4, -0.2) is 39.5 Å². The monoisotopic (exact) mass is 458 g/mol. The summed E-state index contributed by atoms with van der Waals surface area (Å²) in [5.41, 5.74) is 1.81. The summed E-state index contributed by atoms with van der Waals surface area (Å²) in [4.78, 5) is 29.1. The van der Waals surface area contributed by atoms with E-state index in [-0.39, 0.29) is 22.0 Å². The van der Waals surface area contributed by atoms with Crippen molar-refractivity contribution in [2.24, 2.45) is 0 Å². The predicted octanol–water partition coefficient (Wildman–Crippen LogP) is 3.19. The first-order valence-corrected chi connectivity index (χ1v) is 11.8. The third-order valence-corrected chi connectivity index (χ3v) is 6.69. The largest absolute Gasteiger partial charge is 0.325 e. The number of aryl methyl sites for hydroxylation is 2. The van der Waals surface area contributed by atoms with Gasteiger partial charge in [0.25, 0.3) is 10.0 Å². The first-order valence-electron chi connectivity index (χ1n) is 9.46. The molecule has 0 radical (unpaired) electrons. The molecule has 0 bridgehead atoms. The lowest BCUT2D eigenvalue weighted by atomic mass is 10.3. The van der Waals surface area contributed by atoms with Gasteiger partial charge in [-0.15, -0.1) is 0 Å². The van der Waals surface area contributed by atoms with Gasteiger partial charge in [0.15, 0.2) is 5.16 Å². The second kappa shape index (κ2) is 9.84. The van der Waals surface area contributed by atoms with Gasteiger partial charge in [0.2, 0.25) is 11.9 Å². The molecule has 0 aliphatic heterocycles. The van der Waals surface area contributed by atoms with Crippen molar-refractivity contribution in [3.05, 3.63) is 60.2 Å². The van der Waals surface area contributed by atoms with Gasteiger partial charge in [-0.25, -0.2) is 33.1 Å². The molecule has 3 rings (SSSR count). The second-order valence-corrected chi connectivity index (χ2v) is 9.49. The lowest BCUT2D eigenvalue weighted by molar-refractivity contribution is -0.115. The molecule has 2 aromatic heterocycles. The van der Waals surface area contributed by atoms with Crippen LogP contribution in [0.3, 0.4) is 0 Å². The van der Waals surface area contributed by atoms with Crippen LogP contribution in [0.15, 0.2) is 58.8 Å². The number of thioether (sulfide) groups is 1. The standard InChI is InChI=1S/C20H22N6O3S2/c1-4-17(30-20-21-10-5-11-22-20)18(27)25-15-6-8-16(9-7-15)31(28,29)26-19-23-13(2)12-14(3)24-19/h5-12,17H,4H2,1-3H3,(H,25,27)(H,23,24,26). The first-order chi connectivity index (χ1) is 14.8. The molecule has 1 amide bonds. The molecular weight excluding hydrogens is 436 g/mol. The molecule has 0 fully saturated rings. The Kier molecular flexibility index (Phi) is 7.18. The molecule has 162 valence electrons. The molecular formula is C20H22N6O3S2. The fourth-order valence-electron chi connectivity index (χ4n) is 2.69. The van der Waals surface area contributed by atoms with E-state index in [1.165, 1.54) is 36.0 Å². The normalized spacial score (nSPS) is 12.2. The summed E-state index contributed by atoms with van der Waals surface area (Å²) in [6.45, 7) is 5.42. The van der Waals surface area contributed by atoms with Gasteiger partial charge in [-0.05, 0) is 56.7 Å². The topological polar surface area (TPSA) is 127 Å². The Labute approximate surface area is 185 Å². The van der Waals surface area contributed by atoms with Gasteiger partial charge >= 0.3 is 0 Å². The lowest BCUT2D eigenvalue weighted by Gasteiger charge is -2.14. The molecule has 0 aliphatic rings. The number of carbonyl (C=O) groups excluding carboxylic acids is 1. The summed E-state index contributed by atoms with van der Waals surface area (Å²) < 4.78 is 27.6. The number of anilines is 2. The van der Waals surface area contributed by atoms with Crippen molar-refractivity contribution in [2.75, 3.05) is 10.0 Å². The smallest absolute Gasteiger partial charge is 0.264 e. The molecule has 0 spiro atoms. The molecule has 0 saturated carbocycles. The van der Waals surface area contributed by atoms with Crippen LogP contribution in [0.4, 0.5) is 11.6 Å². The fraction of sp³-hybridized carbons (Fsp3) is 0.250. The summed E-state index contributed by atoms with van der Waals surface area (Å²) in [6.07, 6.45) is 3.83. The molecule has 9 nitrogen and oxygen atoms in total. The van der Waals surface area contributed by atoms with Gasteiger partial charge < -0.3 is 5.32 Å². The molecule has 0 saturated heterocycles. The lowest BCUT2D eigenvalue weighted by Crippen LogP contribution is -2.24. The Balaban J connectivity index is 1.68. The number of hydrogen-bond donors (Lipinski definition) is 2. The number of nitrogens with one attached hydrogen (secondary N) is 2. The van der Waals surface area contributed by atoms with E-state index >= 15 is 0 Å². The number of nitrogens with zero attached hydrogens (tertiary/aromatic N) is 4. The first kappa shape index (κ1) is 22.6. The zero-order valence-electron chi connectivity index (χ0n) is 17.2. The second-order valence-electron chi connectivity index (χ2n) is 6.64. The number of rotatable bonds is 8. The van der Waals surface area contributed by atoms with Crippen LogP contribution >= 0.6 is 11.8 Å². The SMILES string of the molecule is CCC(Sc1ncccn1)C(=O)Nc1ccc(S(=O)(=O)Nc2nc(C)cc(C)n2)cc1. The van der Waals surface area contributed by atoms with Crippen molar-refractivity contribution in [3.63, 3.8) is 0 Å². The van der Waals surface area contributed by atoms with Gasteiger partial charge in [0, 0.05) is 29.5 Å². The van der Waals surface area contributed by atoms with Gasteiger partial charge in [-0.2, -0.15) is 0 Å². The van der Waals surface area contributed by atoms with E-state index in [9.17, 15) is 13.2 Å². The quantitative estimate of drug-likeness (QED) is 0.389. The molecule has 31 heavy (non-hydrogen) atoms. The van der Waals surface area contributed by atoms with Crippen LogP contribution in [0.2, 0.25) is 0 Å². The summed E-state index contributed by atoms with van der Waals surface area (Å²) >= 11 is 1.27. The van der Waals surface area contributed by atoms with Gasteiger partial charge in [-0.1, -0.05) is 18.7 Å². The number of amides is 1. The average molecular weight is 459 g/mol. The van der Waals surface area contributed by atoms with E-state index in [1.54, 1.807) is 38.4 Å². The number of carbonyl (C=O) groups is 1. The number of aromatic nitrogens is 4. The fourth-order valence-corrected chi connectivity index (χ4v) is 4.46. The number of sulfonamides is 1. The Hall–Kier alpha value is -3.05. The molecule has 1 atom stereocenters. The van der Waals surface area contributed by atoms with E-state index in [1.807, 2.05) is 6.92 Å². The van der Waals surface area contributed by atoms with Gasteiger partial charge in [-0.3, -0.25) is 4.79 Å². The highest BCUT2D eigenvalue weighted by molar-refractivity contribution is 8.00. The van der Waals surface area contributed by atoms with Crippen LogP contribution in [0.1, 0.15) is 24.7 Å². The maximum Gasteiger partial charge on any atom is 0.264 e. The molecule has 0 aliphatic carbocycles. The Morgan fingerprint density at radius 3 is 2.26 bits per heavy atom. The van der Waals surface area contributed by atoms with E-state index in [4.69, 9.17) is 0 Å². The van der Waals surface area contributed by atoms with Crippen molar-refractivity contribution >= 4 is 39.3 Å². The predicted molar refractivity (Wildman–Crippen MR) is 119 cm³/mol. The maximum absolute atomic E-state index is 12.6. The minimum atomic E-state index is -3.86. The minimum Gasteiger partial charge on any atom is -0.325 e. The van der Waals surface area contributed by atoms with Gasteiger partial charge in [0.1, 0.15) is 0 Å². The highest BCUT2D eigenvalue weighted by Gasteiger charge is 2.20. The molecule has 1 aromatic carbocycles. The Morgan fingerprint density at radius 2 is 1.68 bits per heavy atom. The summed E-state index contributed by atoms with van der Waals surface area (Å²) in [5.74, 6) is -0.196. The Morgan fingerprint density at radius 1 is 1.06 bits per heavy atom. The van der Waals surface area contributed by atoms with Crippen LogP contribution < -0.4 is 10.0 Å². The molecule has 11 heteroatoms. The van der Waals surface area contributed by atoms with Crippen LogP contribution in [0, 0.1) is 13.8 Å². The zero-order valence-corrected chi connectivity index (χ0v) is 18.9. The van der Waals surface area contributed by atoms with Crippen molar-refractivity contribution in [2.45, 2.75) is 42.5 Å². The molecule has 3 aromatic rings. The number of benzene rings is 1. The average Bonchev–Trinajstić information content (AvgIpc) is 2.72. The molecule has 2 heterocycles. The zero-order chi connectivity index (χ0) is 22.4. The summed E-state index contributed by atoms with van der Waals surface area (Å²) in [6, 6.07) is 9.35. The van der Waals surface area contributed by atoms with Crippen LogP contribution in [-0.2, 0) is 14.8 Å². The van der Waals surface area contributed by atoms with Crippen molar-refractivity contribution in [1.29, 1.82) is 0 Å². The molecule has 2 N–H and O–H groups in total. The van der Waals surface area contributed by atoms with E-state index in [0.29, 0.717) is 28.7 Å². The number of hydrogen-bond acceptors (Lipinski definition) is 8. The highest BCUT2D eigenvalue weighted by Crippen LogP contribution is 2.23. The van der Waals surface area contributed by atoms with Crippen molar-refractivity contribution in [3.8, 4) is 0 Å². The third kappa shape index (κ3) is 6.22. The third-order valence-electron chi connectivity index (χ3n) is 4.09. The van der Waals surface area contributed by atoms with Crippen molar-refractivity contribution < 1.29 is 13.2 Å². The summed E-state index contributed by atoms with van der Waals surface area (Å²) in [5, 5.41) is 2.94. The van der Waals surface area contributed by atoms with Crippen LogP contribution in [0.25, 0.3) is 0 Å². The Bertz CT molecular complexity index is 1140. The molecule has 1 unspecified atom stereocenters. The van der Waals surface area contributed by atoms with E-state index in [2.05, 4.69) is 30.0 Å². The van der Waals surface area contributed by atoms with Crippen LogP contribution in [0.5, 0.6) is 0 Å². The highest BCUT2D eigenvalue weighted by atomic mass is 32.2. The summed E-state index contributed by atoms with van der Waals surface area (Å²) in [7, 11) is -3.86. The van der Waals surface area contributed by atoms with E-state index < -0.39 is 10.0 Å². The maximum atomic E-state index is 12.6. The minimum absolute atomic E-state index is 0.0147.